The first-order chi connectivity index (χ1) is 13.1. The molecule has 0 bridgehead atoms. The Morgan fingerprint density at radius 2 is 2.22 bits per heavy atom. The van der Waals surface area contributed by atoms with Gasteiger partial charge in [0.1, 0.15) is 24.6 Å². The molecule has 4 atom stereocenters. The molecule has 0 aromatic carbocycles. The van der Waals surface area contributed by atoms with Gasteiger partial charge in [-0.2, -0.15) is 5.10 Å². The van der Waals surface area contributed by atoms with E-state index < -0.39 is 31.1 Å². The van der Waals surface area contributed by atoms with Crippen molar-refractivity contribution in [3.63, 3.8) is 0 Å². The van der Waals surface area contributed by atoms with Crippen molar-refractivity contribution in [2.24, 2.45) is 5.10 Å². The SMILES string of the molecule is Nc1ncnc2c1nc(NN=Cc1cccs1)n2[C@@H]1O[C@@H](CO)[C@@H](O)[C@@H]1O. The predicted molar refractivity (Wildman–Crippen MR) is 98.3 cm³/mol. The third kappa shape index (κ3) is 3.13. The zero-order chi connectivity index (χ0) is 19.0. The fourth-order valence-corrected chi connectivity index (χ4v) is 3.44. The van der Waals surface area contributed by atoms with E-state index >= 15 is 0 Å². The molecule has 0 radical (unpaired) electrons. The van der Waals surface area contributed by atoms with Crippen LogP contribution in [0.4, 0.5) is 11.8 Å². The minimum absolute atomic E-state index is 0.149. The summed E-state index contributed by atoms with van der Waals surface area (Å²) in [6.07, 6.45) is -1.69. The van der Waals surface area contributed by atoms with Crippen LogP contribution in [0.1, 0.15) is 11.1 Å². The van der Waals surface area contributed by atoms with Crippen molar-refractivity contribution in [1.82, 2.24) is 19.5 Å². The molecule has 142 valence electrons. The molecule has 3 aromatic heterocycles. The van der Waals surface area contributed by atoms with Crippen molar-refractivity contribution in [3.8, 4) is 0 Å². The number of nitrogens with zero attached hydrogens (tertiary/aromatic N) is 5. The van der Waals surface area contributed by atoms with Crippen LogP contribution in [0.15, 0.2) is 28.9 Å². The highest BCUT2D eigenvalue weighted by Crippen LogP contribution is 2.35. The van der Waals surface area contributed by atoms with Crippen LogP contribution < -0.4 is 11.2 Å². The number of hydrogen-bond donors (Lipinski definition) is 5. The Morgan fingerprint density at radius 1 is 1.37 bits per heavy atom. The summed E-state index contributed by atoms with van der Waals surface area (Å²) in [5.41, 5.74) is 9.25. The highest BCUT2D eigenvalue weighted by atomic mass is 32.1. The molecule has 0 unspecified atom stereocenters. The highest BCUT2D eigenvalue weighted by Gasteiger charge is 2.45. The second kappa shape index (κ2) is 7.17. The normalized spacial score (nSPS) is 25.6. The van der Waals surface area contributed by atoms with Crippen LogP contribution in [-0.2, 0) is 4.74 Å². The topological polar surface area (TPSA) is 164 Å². The summed E-state index contributed by atoms with van der Waals surface area (Å²) in [4.78, 5) is 13.3. The van der Waals surface area contributed by atoms with E-state index in [4.69, 9.17) is 10.5 Å². The maximum Gasteiger partial charge on any atom is 0.228 e. The number of hydrazone groups is 1. The lowest BCUT2D eigenvalue weighted by Gasteiger charge is -2.18. The van der Waals surface area contributed by atoms with Crippen molar-refractivity contribution in [2.45, 2.75) is 24.5 Å². The first-order valence-corrected chi connectivity index (χ1v) is 8.91. The van der Waals surface area contributed by atoms with E-state index in [1.807, 2.05) is 17.5 Å². The van der Waals surface area contributed by atoms with Gasteiger partial charge >= 0.3 is 0 Å². The number of aromatic nitrogens is 4. The smallest absolute Gasteiger partial charge is 0.228 e. The largest absolute Gasteiger partial charge is 0.394 e. The molecule has 6 N–H and O–H groups in total. The van der Waals surface area contributed by atoms with Crippen LogP contribution in [0.3, 0.4) is 0 Å². The lowest BCUT2D eigenvalue weighted by atomic mass is 10.1. The molecule has 4 rings (SSSR count). The monoisotopic (exact) mass is 391 g/mol. The van der Waals surface area contributed by atoms with E-state index in [9.17, 15) is 15.3 Å². The lowest BCUT2D eigenvalue weighted by Crippen LogP contribution is -2.33. The number of anilines is 2. The molecule has 1 aliphatic heterocycles. The number of aliphatic hydroxyl groups excluding tert-OH is 3. The molecule has 27 heavy (non-hydrogen) atoms. The van der Waals surface area contributed by atoms with Gasteiger partial charge in [-0.25, -0.2) is 20.4 Å². The van der Waals surface area contributed by atoms with Crippen molar-refractivity contribution in [2.75, 3.05) is 17.8 Å². The van der Waals surface area contributed by atoms with Gasteiger partial charge in [0, 0.05) is 4.88 Å². The van der Waals surface area contributed by atoms with Crippen molar-refractivity contribution < 1.29 is 20.1 Å². The van der Waals surface area contributed by atoms with Gasteiger partial charge in [-0.05, 0) is 11.4 Å². The van der Waals surface area contributed by atoms with Crippen LogP contribution >= 0.6 is 11.3 Å². The van der Waals surface area contributed by atoms with Crippen LogP contribution in [0.5, 0.6) is 0 Å². The van der Waals surface area contributed by atoms with Gasteiger partial charge < -0.3 is 25.8 Å². The molecule has 1 fully saturated rings. The number of aliphatic hydroxyl groups is 3. The van der Waals surface area contributed by atoms with Crippen molar-refractivity contribution in [1.29, 1.82) is 0 Å². The first-order valence-electron chi connectivity index (χ1n) is 8.03. The number of imidazole rings is 1. The molecule has 11 nitrogen and oxygen atoms in total. The summed E-state index contributed by atoms with van der Waals surface area (Å²) in [5.74, 6) is 0.343. The third-order valence-electron chi connectivity index (χ3n) is 4.18. The Kier molecular flexibility index (Phi) is 4.72. The number of fused-ring (bicyclic) bond motifs is 1. The Balaban J connectivity index is 1.74. The Hall–Kier alpha value is -2.64. The molecule has 3 aromatic rings. The zero-order valence-electron chi connectivity index (χ0n) is 13.9. The summed E-state index contributed by atoms with van der Waals surface area (Å²) >= 11 is 1.51. The summed E-state index contributed by atoms with van der Waals surface area (Å²) in [5, 5.41) is 35.9. The number of thiophene rings is 1. The number of nitrogens with two attached hydrogens (primary N) is 1. The molecular weight excluding hydrogens is 374 g/mol. The lowest BCUT2D eigenvalue weighted by molar-refractivity contribution is -0.0501. The zero-order valence-corrected chi connectivity index (χ0v) is 14.7. The summed E-state index contributed by atoms with van der Waals surface area (Å²) in [6.45, 7) is -0.447. The van der Waals surface area contributed by atoms with E-state index in [0.29, 0.717) is 11.2 Å². The highest BCUT2D eigenvalue weighted by molar-refractivity contribution is 7.11. The average molecular weight is 391 g/mol. The Morgan fingerprint density at radius 3 is 2.93 bits per heavy atom. The molecule has 0 aliphatic carbocycles. The number of hydrogen-bond acceptors (Lipinski definition) is 11. The minimum atomic E-state index is -1.31. The van der Waals surface area contributed by atoms with E-state index in [2.05, 4.69) is 25.5 Å². The second-order valence-electron chi connectivity index (χ2n) is 5.85. The Labute approximate surface area is 156 Å². The molecule has 1 saturated heterocycles. The van der Waals surface area contributed by atoms with Gasteiger partial charge in [0.25, 0.3) is 0 Å². The van der Waals surface area contributed by atoms with E-state index in [1.54, 1.807) is 6.21 Å². The number of ether oxygens (including phenoxy) is 1. The van der Waals surface area contributed by atoms with Gasteiger partial charge in [-0.3, -0.25) is 4.57 Å². The van der Waals surface area contributed by atoms with Crippen molar-refractivity contribution in [3.05, 3.63) is 28.7 Å². The molecule has 0 amide bonds. The molecule has 4 heterocycles. The fourth-order valence-electron chi connectivity index (χ4n) is 2.86. The van der Waals surface area contributed by atoms with Gasteiger partial charge in [-0.1, -0.05) is 6.07 Å². The fraction of sp³-hybridized carbons (Fsp3) is 0.333. The molecule has 1 aliphatic rings. The quantitative estimate of drug-likeness (QED) is 0.285. The molecular formula is C15H17N7O4S. The third-order valence-corrected chi connectivity index (χ3v) is 4.98. The second-order valence-corrected chi connectivity index (χ2v) is 6.83. The van der Waals surface area contributed by atoms with Crippen LogP contribution in [0, 0.1) is 0 Å². The van der Waals surface area contributed by atoms with Gasteiger partial charge in [0.2, 0.25) is 5.95 Å². The van der Waals surface area contributed by atoms with Crippen LogP contribution in [0.2, 0.25) is 0 Å². The minimum Gasteiger partial charge on any atom is -0.394 e. The maximum atomic E-state index is 10.4. The summed E-state index contributed by atoms with van der Waals surface area (Å²) in [6, 6.07) is 3.80. The van der Waals surface area contributed by atoms with Gasteiger partial charge in [0.05, 0.1) is 12.8 Å². The van der Waals surface area contributed by atoms with Gasteiger partial charge in [-0.15, -0.1) is 11.3 Å². The van der Waals surface area contributed by atoms with E-state index in [1.165, 1.54) is 22.2 Å². The van der Waals surface area contributed by atoms with E-state index in [-0.39, 0.29) is 11.8 Å². The van der Waals surface area contributed by atoms with Crippen LogP contribution in [-0.4, -0.2) is 66.0 Å². The first kappa shape index (κ1) is 17.8. The molecule has 0 saturated carbocycles. The van der Waals surface area contributed by atoms with Gasteiger partial charge in [0.15, 0.2) is 23.2 Å². The summed E-state index contributed by atoms with van der Waals surface area (Å²) in [7, 11) is 0. The predicted octanol–water partition coefficient (Wildman–Crippen LogP) is -0.473. The molecule has 12 heteroatoms. The maximum absolute atomic E-state index is 10.4. The van der Waals surface area contributed by atoms with Crippen LogP contribution in [0.25, 0.3) is 11.2 Å². The number of rotatable bonds is 5. The Bertz CT molecular complexity index is 961. The van der Waals surface area contributed by atoms with Crippen molar-refractivity contribution >= 4 is 40.5 Å². The average Bonchev–Trinajstić information content (AvgIpc) is 3.36. The molecule has 0 spiro atoms. The standard InChI is InChI=1S/C15H17N7O4S/c16-12-9-13(18-6-17-12)22(14-11(25)10(24)8(5-23)26-14)15(20-9)21-19-4-7-2-1-3-27-7/h1-4,6,8,10-11,14,23-25H,5H2,(H,20,21)(H2,16,17,18)/t8-,10+,11-,14+/m0/s1. The van der Waals surface area contributed by atoms with E-state index in [0.717, 1.165) is 4.88 Å². The summed E-state index contributed by atoms with van der Waals surface area (Å²) < 4.78 is 7.04. The number of nitrogen functional groups attached to an aromatic ring is 1. The number of nitrogens with one attached hydrogen (secondary N) is 1.